The first-order chi connectivity index (χ1) is 17.0. The highest BCUT2D eigenvalue weighted by atomic mass is 16.5. The van der Waals surface area contributed by atoms with Crippen LogP contribution in [0.25, 0.3) is 0 Å². The van der Waals surface area contributed by atoms with E-state index in [9.17, 15) is 19.8 Å². The minimum absolute atomic E-state index is 0.0542. The average Bonchev–Trinajstić information content (AvgIpc) is 2.82. The number of carbonyl (C=O) groups excluding carboxylic acids is 1. The fraction of sp³-hybridized carbons (Fsp3) is 0.310. The van der Waals surface area contributed by atoms with Crippen molar-refractivity contribution in [3.8, 4) is 23.0 Å². The molecule has 0 atom stereocenters. The Balaban J connectivity index is 1.68. The lowest BCUT2D eigenvalue weighted by Gasteiger charge is -2.18. The van der Waals surface area contributed by atoms with Gasteiger partial charge in [-0.2, -0.15) is 0 Å². The fourth-order valence-electron chi connectivity index (χ4n) is 3.69. The number of Topliss-reactive ketones (excluding diaryl/α,β-unsaturated/α-hetero) is 1. The number of ketones is 1. The molecule has 7 heteroatoms. The van der Waals surface area contributed by atoms with Crippen LogP contribution in [0.4, 0.5) is 0 Å². The van der Waals surface area contributed by atoms with Gasteiger partial charge in [-0.15, -0.1) is 0 Å². The van der Waals surface area contributed by atoms with E-state index in [0.717, 1.165) is 11.1 Å². The summed E-state index contributed by atoms with van der Waals surface area (Å²) in [5, 5.41) is 19.8. The Kier molecular flexibility index (Phi) is 8.25. The quantitative estimate of drug-likeness (QED) is 0.326. The molecule has 0 aliphatic heterocycles. The molecule has 0 aliphatic carbocycles. The summed E-state index contributed by atoms with van der Waals surface area (Å²) in [6, 6.07) is 15.4. The van der Waals surface area contributed by atoms with Crippen molar-refractivity contribution < 1.29 is 34.0 Å². The molecule has 7 nitrogen and oxygen atoms in total. The number of carboxylic acids is 1. The molecular formula is C29H32O7. The zero-order valence-corrected chi connectivity index (χ0v) is 21.3. The van der Waals surface area contributed by atoms with Crippen LogP contribution in [0.3, 0.4) is 0 Å². The van der Waals surface area contributed by atoms with E-state index in [0.29, 0.717) is 34.8 Å². The number of aromatic carboxylic acids is 1. The number of methoxy groups -OCH3 is 1. The van der Waals surface area contributed by atoms with E-state index in [4.69, 9.17) is 14.2 Å². The third-order valence-electron chi connectivity index (χ3n) is 5.56. The highest BCUT2D eigenvalue weighted by molar-refractivity contribution is 5.99. The smallest absolute Gasteiger partial charge is 0.335 e. The zero-order chi connectivity index (χ0) is 26.5. The van der Waals surface area contributed by atoms with Gasteiger partial charge in [-0.25, -0.2) is 4.79 Å². The normalized spacial score (nSPS) is 11.1. The summed E-state index contributed by atoms with van der Waals surface area (Å²) in [7, 11) is 1.49. The van der Waals surface area contributed by atoms with E-state index in [-0.39, 0.29) is 35.7 Å². The molecule has 0 fully saturated rings. The summed E-state index contributed by atoms with van der Waals surface area (Å²) in [5.74, 6) is 0.0750. The van der Waals surface area contributed by atoms with Gasteiger partial charge >= 0.3 is 5.97 Å². The minimum Gasteiger partial charge on any atom is -0.507 e. The van der Waals surface area contributed by atoms with Crippen molar-refractivity contribution in [3.05, 3.63) is 82.4 Å². The number of hydrogen-bond donors (Lipinski definition) is 2. The largest absolute Gasteiger partial charge is 0.507 e. The SMILES string of the molecule is COc1ccc(C(=O)O)cc1OCc1cccc(COc2ccc(C(=O)CC(C)(C)C)c(O)c2C)c1. The Morgan fingerprint density at radius 3 is 2.06 bits per heavy atom. The highest BCUT2D eigenvalue weighted by Crippen LogP contribution is 2.34. The monoisotopic (exact) mass is 492 g/mol. The molecule has 3 rings (SSSR count). The van der Waals surface area contributed by atoms with Crippen LogP contribution in [-0.2, 0) is 13.2 Å². The van der Waals surface area contributed by atoms with Crippen molar-refractivity contribution in [3.63, 3.8) is 0 Å². The number of phenols is 1. The molecule has 0 radical (unpaired) electrons. The van der Waals surface area contributed by atoms with Crippen molar-refractivity contribution in [2.75, 3.05) is 7.11 Å². The third kappa shape index (κ3) is 6.78. The van der Waals surface area contributed by atoms with Crippen LogP contribution in [0.15, 0.2) is 54.6 Å². The summed E-state index contributed by atoms with van der Waals surface area (Å²) in [4.78, 5) is 23.8. The Morgan fingerprint density at radius 2 is 1.47 bits per heavy atom. The van der Waals surface area contributed by atoms with E-state index in [1.54, 1.807) is 25.1 Å². The van der Waals surface area contributed by atoms with E-state index >= 15 is 0 Å². The second-order valence-corrected chi connectivity index (χ2v) is 9.81. The van der Waals surface area contributed by atoms with Gasteiger partial charge in [0.2, 0.25) is 0 Å². The number of rotatable bonds is 10. The molecule has 0 saturated carbocycles. The van der Waals surface area contributed by atoms with E-state index in [1.807, 2.05) is 45.0 Å². The molecule has 0 bridgehead atoms. The summed E-state index contributed by atoms with van der Waals surface area (Å²) in [5.41, 5.74) is 2.50. The summed E-state index contributed by atoms with van der Waals surface area (Å²) in [6.07, 6.45) is 0.335. The van der Waals surface area contributed by atoms with Gasteiger partial charge in [0.1, 0.15) is 24.7 Å². The number of hydrogen-bond acceptors (Lipinski definition) is 6. The Labute approximate surface area is 211 Å². The van der Waals surface area contributed by atoms with Crippen LogP contribution < -0.4 is 14.2 Å². The van der Waals surface area contributed by atoms with Gasteiger partial charge < -0.3 is 24.4 Å². The highest BCUT2D eigenvalue weighted by Gasteiger charge is 2.21. The number of carboxylic acid groups (broad SMARTS) is 1. The van der Waals surface area contributed by atoms with Crippen molar-refractivity contribution in [1.82, 2.24) is 0 Å². The number of aromatic hydroxyl groups is 1. The minimum atomic E-state index is -1.05. The molecule has 36 heavy (non-hydrogen) atoms. The van der Waals surface area contributed by atoms with Crippen LogP contribution >= 0.6 is 0 Å². The van der Waals surface area contributed by atoms with Gasteiger partial charge in [-0.3, -0.25) is 4.79 Å². The van der Waals surface area contributed by atoms with Gasteiger partial charge in [0, 0.05) is 12.0 Å². The van der Waals surface area contributed by atoms with Gasteiger partial charge in [0.05, 0.1) is 18.2 Å². The number of ether oxygens (including phenoxy) is 3. The topological polar surface area (TPSA) is 102 Å². The molecule has 0 aromatic heterocycles. The van der Waals surface area contributed by atoms with Gasteiger partial charge in [-0.05, 0) is 59.9 Å². The maximum Gasteiger partial charge on any atom is 0.335 e. The van der Waals surface area contributed by atoms with Crippen molar-refractivity contribution in [2.24, 2.45) is 5.41 Å². The lowest BCUT2D eigenvalue weighted by molar-refractivity contribution is 0.0695. The molecule has 3 aromatic carbocycles. The standard InChI is InChI=1S/C29H32O7/c1-18-24(12-10-22(27(18)31)23(30)15-29(2,3)4)35-16-19-7-6-8-20(13-19)17-36-26-14-21(28(32)33)9-11-25(26)34-5/h6-14,31H,15-17H2,1-5H3,(H,32,33). The molecule has 0 aliphatic rings. The van der Waals surface area contributed by atoms with Crippen LogP contribution in [0.5, 0.6) is 23.0 Å². The third-order valence-corrected chi connectivity index (χ3v) is 5.56. The molecule has 0 amide bonds. The van der Waals surface area contributed by atoms with Crippen LogP contribution in [0, 0.1) is 12.3 Å². The molecule has 0 saturated heterocycles. The lowest BCUT2D eigenvalue weighted by atomic mass is 9.87. The second kappa shape index (κ2) is 11.2. The Hall–Kier alpha value is -4.00. The molecule has 190 valence electrons. The number of carbonyl (C=O) groups is 2. The molecular weight excluding hydrogens is 460 g/mol. The summed E-state index contributed by atoms with van der Waals surface area (Å²) < 4.78 is 17.0. The maximum absolute atomic E-state index is 12.6. The van der Waals surface area contributed by atoms with Gasteiger partial charge in [0.25, 0.3) is 0 Å². The number of benzene rings is 3. The summed E-state index contributed by atoms with van der Waals surface area (Å²) in [6.45, 7) is 8.12. The van der Waals surface area contributed by atoms with E-state index in [2.05, 4.69) is 0 Å². The van der Waals surface area contributed by atoms with E-state index < -0.39 is 5.97 Å². The molecule has 2 N–H and O–H groups in total. The molecule has 0 unspecified atom stereocenters. The molecule has 3 aromatic rings. The zero-order valence-electron chi connectivity index (χ0n) is 21.3. The van der Waals surface area contributed by atoms with Crippen molar-refractivity contribution >= 4 is 11.8 Å². The van der Waals surface area contributed by atoms with Crippen molar-refractivity contribution in [2.45, 2.75) is 47.3 Å². The average molecular weight is 493 g/mol. The predicted molar refractivity (Wildman–Crippen MR) is 136 cm³/mol. The fourth-order valence-corrected chi connectivity index (χ4v) is 3.69. The molecule has 0 spiro atoms. The maximum atomic E-state index is 12.6. The first-order valence-electron chi connectivity index (χ1n) is 11.6. The Bertz CT molecular complexity index is 1250. The molecule has 0 heterocycles. The van der Waals surface area contributed by atoms with Gasteiger partial charge in [0.15, 0.2) is 17.3 Å². The second-order valence-electron chi connectivity index (χ2n) is 9.81. The first kappa shape index (κ1) is 26.6. The van der Waals surface area contributed by atoms with Crippen LogP contribution in [0.2, 0.25) is 0 Å². The van der Waals surface area contributed by atoms with Crippen LogP contribution in [-0.4, -0.2) is 29.1 Å². The first-order valence-corrected chi connectivity index (χ1v) is 11.6. The van der Waals surface area contributed by atoms with Gasteiger partial charge in [-0.1, -0.05) is 39.0 Å². The Morgan fingerprint density at radius 1 is 0.861 bits per heavy atom. The summed E-state index contributed by atoms with van der Waals surface area (Å²) >= 11 is 0. The predicted octanol–water partition coefficient (Wildman–Crippen LogP) is 6.18. The number of phenolic OH excluding ortho intramolecular Hbond substituents is 1. The van der Waals surface area contributed by atoms with Crippen molar-refractivity contribution in [1.29, 1.82) is 0 Å². The lowest BCUT2D eigenvalue weighted by Crippen LogP contribution is -2.13. The van der Waals surface area contributed by atoms with Crippen LogP contribution in [0.1, 0.15) is 64.6 Å². The van der Waals surface area contributed by atoms with E-state index in [1.165, 1.54) is 19.2 Å².